The maximum Gasteiger partial charge on any atom is 0.425 e. The van der Waals surface area contributed by atoms with Crippen molar-refractivity contribution in [2.45, 2.75) is 140 Å². The summed E-state index contributed by atoms with van der Waals surface area (Å²) in [6, 6.07) is 71.2. The van der Waals surface area contributed by atoms with Gasteiger partial charge >= 0.3 is 18.0 Å². The van der Waals surface area contributed by atoms with Crippen molar-refractivity contribution < 1.29 is 56.5 Å². The number of nitrogens with zero attached hydrogens (tertiary/aromatic N) is 5. The molecule has 142 heavy (non-hydrogen) atoms. The van der Waals surface area contributed by atoms with Gasteiger partial charge in [-0.15, -0.1) is 45.8 Å². The Morgan fingerprint density at radius 2 is 0.704 bits per heavy atom. The summed E-state index contributed by atoms with van der Waals surface area (Å²) in [5.41, 5.74) is 18.2. The van der Waals surface area contributed by atoms with Crippen LogP contribution in [0.2, 0.25) is 0 Å². The maximum atomic E-state index is 14.3. The number of amides is 4. The topological polar surface area (TPSA) is 301 Å². The number of fused-ring (bicyclic) bond motifs is 11. The summed E-state index contributed by atoms with van der Waals surface area (Å²) in [5.74, 6) is -1.26. The van der Waals surface area contributed by atoms with E-state index in [4.69, 9.17) is 56.1 Å². The number of hydrogen-bond acceptors (Lipinski definition) is 21. The van der Waals surface area contributed by atoms with Crippen molar-refractivity contribution in [3.05, 3.63) is 320 Å². The van der Waals surface area contributed by atoms with Gasteiger partial charge in [0, 0.05) is 78.6 Å². The number of hydrazine groups is 1. The van der Waals surface area contributed by atoms with Crippen molar-refractivity contribution in [2.24, 2.45) is 37.1 Å². The van der Waals surface area contributed by atoms with Gasteiger partial charge in [0.05, 0.1) is 108 Å². The number of aromatic nitrogens is 3. The van der Waals surface area contributed by atoms with E-state index in [2.05, 4.69) is 112 Å². The van der Waals surface area contributed by atoms with E-state index in [0.717, 1.165) is 99.2 Å². The molecule has 3 fully saturated rings. The summed E-state index contributed by atoms with van der Waals surface area (Å²) in [6.07, 6.45) is 4.67. The number of carbonyl (C=O) groups is 6. The zero-order chi connectivity index (χ0) is 99.2. The Labute approximate surface area is 849 Å². The van der Waals surface area contributed by atoms with E-state index < -0.39 is 45.2 Å². The number of carboxylic acids is 1. The largest absolute Gasteiger partial charge is 0.481 e. The Morgan fingerprint density at radius 3 is 1.09 bits per heavy atom. The van der Waals surface area contributed by atoms with Crippen LogP contribution >= 0.6 is 82.4 Å². The average Bonchev–Trinajstić information content (AvgIpc) is 0.765. The highest BCUT2D eigenvalue weighted by atomic mass is 32.2. The monoisotopic (exact) mass is 2030 g/mol. The van der Waals surface area contributed by atoms with Gasteiger partial charge in [-0.2, -0.15) is 0 Å². The highest BCUT2D eigenvalue weighted by Gasteiger charge is 2.59. The summed E-state index contributed by atoms with van der Waals surface area (Å²) in [5, 5.41) is 40.8. The quantitative estimate of drug-likeness (QED) is 0.0294. The number of aliphatic carboxylic acids is 1. The number of ether oxygens (including phenoxy) is 2. The van der Waals surface area contributed by atoms with Crippen LogP contribution in [0.15, 0.2) is 257 Å². The maximum absolute atomic E-state index is 14.3. The normalized spacial score (nSPS) is 25.0. The SMILES string of the molecule is CC1(C(=O)Nc2nc(-c3ccc(F)c4ccccc34)cs2)CC2C(=S)NC1c1ccccc12.CC1(C(=O)O)CC2C(=S)NC1c1ccccc12.CCOC(=O)C1(C)CC2C(=S)NC1c1ccccc12.CCOC(=O)NNC1=NC2c3ccccc3C1CC2(C)C(=O)Nc1nc(-c2ccc(F)c3ccccc23)cs1.CSC1=NC2c3ccccc3C1CC2(C)C(=O)Nc1nc(-c2ccc(F)c3ccccc23)cs1. The fourth-order valence-corrected chi connectivity index (χ4v) is 26.2. The van der Waals surface area contributed by atoms with Crippen LogP contribution in [0.4, 0.5) is 33.4 Å². The summed E-state index contributed by atoms with van der Waals surface area (Å²) < 4.78 is 53.0. The van der Waals surface area contributed by atoms with Crippen LogP contribution in [0.5, 0.6) is 0 Å². The first-order valence-corrected chi connectivity index (χ1v) is 52.0. The smallest absolute Gasteiger partial charge is 0.425 e. The van der Waals surface area contributed by atoms with Gasteiger partial charge in [0.1, 0.15) is 23.3 Å². The minimum atomic E-state index is -0.845. The summed E-state index contributed by atoms with van der Waals surface area (Å²) in [4.78, 5) is 103. The van der Waals surface area contributed by atoms with Crippen LogP contribution in [0, 0.1) is 44.5 Å². The lowest BCUT2D eigenvalue weighted by Crippen LogP contribution is -2.56. The molecule has 15 aliphatic rings. The Hall–Kier alpha value is -13.3. The second-order valence-electron chi connectivity index (χ2n) is 38.2. The summed E-state index contributed by atoms with van der Waals surface area (Å²) in [6.45, 7) is 13.9. The second kappa shape index (κ2) is 38.5. The fourth-order valence-electron chi connectivity index (χ4n) is 22.4. The molecule has 9 N–H and O–H groups in total. The molecule has 3 saturated heterocycles. The third-order valence-electron chi connectivity index (χ3n) is 29.8. The van der Waals surface area contributed by atoms with Crippen LogP contribution < -0.4 is 42.8 Å². The van der Waals surface area contributed by atoms with E-state index >= 15 is 0 Å². The van der Waals surface area contributed by atoms with Crippen molar-refractivity contribution >= 4 is 192 Å². The number of carbonyl (C=O) groups excluding carboxylic acids is 5. The van der Waals surface area contributed by atoms with Gasteiger partial charge in [-0.1, -0.05) is 231 Å². The molecule has 22 nitrogen and oxygen atoms in total. The first-order valence-electron chi connectivity index (χ1n) is 46.9. The zero-order valence-corrected chi connectivity index (χ0v) is 84.1. The van der Waals surface area contributed by atoms with Crippen molar-refractivity contribution in [3.63, 3.8) is 0 Å². The van der Waals surface area contributed by atoms with Crippen molar-refractivity contribution in [1.29, 1.82) is 0 Å². The van der Waals surface area contributed by atoms with E-state index in [9.17, 15) is 47.0 Å². The van der Waals surface area contributed by atoms with E-state index in [1.54, 1.807) is 68.1 Å². The molecule has 4 amide bonds. The minimum Gasteiger partial charge on any atom is -0.481 e. The lowest BCUT2D eigenvalue weighted by Gasteiger charge is -2.50. The average molecular weight is 2030 g/mol. The standard InChI is InChI=1S/C29H26FN5O3S.C27H22FN3OS2.C26H20FN3OS2.C15H17NO2S.C13H13NO2S/c1-3-38-28(37)35-34-25-21-14-29(2,24(32-25)20-11-7-5-9-17(20)21)26(36)33-27-31-23(15-39-27)19-12-13-22(30)18-10-6-4-8-16(18)19;1-27(13-20-16-8-4-6-10-19(16)23(27)30-24(20)33-2)25(32)31-26-29-22(14-34-26)18-11-12-21(28)17-9-5-3-7-15(17)18;1-26(12-19-15-7-3-5-9-18(15)22(26)29-23(19)32)24(31)30-25-28-21(13-33-25)17-10-11-20(27)16-8-4-2-6-14(16)17;1-3-18-14(17)15(2)8-11-9-6-4-5-7-10(9)12(15)16-13(11)19;1-13(12(15)16)6-9-7-4-2-3-5-8(7)10(13)14-11(9)17/h4-13,15,21,24H,3,14H2,1-2H3,(H,32,34)(H,35,37)(H,31,33,36);3-12,14,20,23H,13H2,1-2H3,(H,29,31,32);2-11,13,19,22H,12H2,1H3,(H,29,32)(H,28,30,31);4-7,11-12H,3,8H2,1-2H3,(H,16,19);2-5,9-10H,6H2,1H3,(H,14,17)(H,15,16). The lowest BCUT2D eigenvalue weighted by atomic mass is 9.61. The third kappa shape index (κ3) is 17.0. The number of esters is 1. The van der Waals surface area contributed by atoms with Gasteiger partial charge < -0.3 is 46.5 Å². The number of benzene rings is 11. The van der Waals surface area contributed by atoms with Crippen molar-refractivity contribution in [1.82, 2.24) is 41.8 Å². The molecule has 15 atom stereocenters. The number of nitrogens with one attached hydrogen (secondary N) is 8. The first-order chi connectivity index (χ1) is 68.4. The molecule has 0 radical (unpaired) electrons. The van der Waals surface area contributed by atoms with E-state index in [-0.39, 0.29) is 102 Å². The second-order valence-corrected chi connectivity index (χ2v) is 42.9. The molecule has 15 unspecified atom stereocenters. The van der Waals surface area contributed by atoms with Crippen molar-refractivity contribution in [3.8, 4) is 33.8 Å². The molecule has 14 aromatic rings. The fraction of sp³-hybridized carbons (Fsp3) is 0.273. The van der Waals surface area contributed by atoms with Gasteiger partial charge in [-0.05, 0) is 195 Å². The van der Waals surface area contributed by atoms with Gasteiger partial charge in [0.25, 0.3) is 0 Å². The molecule has 10 bridgehead atoms. The molecule has 13 heterocycles. The number of thiazole rings is 3. The van der Waals surface area contributed by atoms with Crippen LogP contribution in [0.25, 0.3) is 66.1 Å². The van der Waals surface area contributed by atoms with Crippen LogP contribution in [-0.2, 0) is 33.4 Å². The predicted molar refractivity (Wildman–Crippen MR) is 567 cm³/mol. The zero-order valence-electron chi connectivity index (χ0n) is 78.3. The number of hydrogen-bond donors (Lipinski definition) is 9. The number of rotatable bonds is 13. The molecule has 10 aliphatic heterocycles. The molecule has 0 saturated carbocycles. The van der Waals surface area contributed by atoms with E-state index in [1.165, 1.54) is 80.0 Å². The van der Waals surface area contributed by atoms with Crippen LogP contribution in [0.1, 0.15) is 196 Å². The number of thiocarbonyl (C=S) groups is 3. The van der Waals surface area contributed by atoms with E-state index in [1.807, 2.05) is 172 Å². The molecule has 32 heteroatoms. The number of anilines is 3. The van der Waals surface area contributed by atoms with Crippen LogP contribution in [0.3, 0.4) is 0 Å². The lowest BCUT2D eigenvalue weighted by molar-refractivity contribution is -0.158. The molecule has 11 aromatic carbocycles. The third-order valence-corrected chi connectivity index (χ3v) is 34.1. The molecule has 3 aromatic heterocycles. The number of thioether (sulfide) groups is 1. The Balaban J connectivity index is 0.000000112. The highest BCUT2D eigenvalue weighted by Crippen LogP contribution is 2.61. The predicted octanol–water partition coefficient (Wildman–Crippen LogP) is 24.1. The summed E-state index contributed by atoms with van der Waals surface area (Å²) >= 11 is 22.1. The number of aliphatic imine (C=N–C) groups is 2. The molecular formula is C110H98F3N13O9S7. The Kier molecular flexibility index (Phi) is 26.1. The molecule has 5 aliphatic carbocycles. The molecule has 720 valence electrons. The highest BCUT2D eigenvalue weighted by molar-refractivity contribution is 8.13. The number of halogens is 3. The number of carboxylic acid groups (broad SMARTS) is 1. The van der Waals surface area contributed by atoms with Gasteiger partial charge in [-0.3, -0.25) is 39.4 Å². The van der Waals surface area contributed by atoms with Crippen LogP contribution in [-0.4, -0.2) is 101 Å². The van der Waals surface area contributed by atoms with Gasteiger partial charge in [0.15, 0.2) is 15.4 Å². The molecule has 0 spiro atoms. The summed E-state index contributed by atoms with van der Waals surface area (Å²) in [7, 11) is 0. The minimum absolute atomic E-state index is 0.0365. The van der Waals surface area contributed by atoms with Gasteiger partial charge in [-0.25, -0.2) is 38.3 Å². The number of amidine groups is 1. The Bertz CT molecular complexity index is 7600. The Morgan fingerprint density at radius 1 is 0.394 bits per heavy atom. The first kappa shape index (κ1) is 96.2. The van der Waals surface area contributed by atoms with Gasteiger partial charge in [0.2, 0.25) is 17.7 Å². The van der Waals surface area contributed by atoms with E-state index in [0.29, 0.717) is 74.6 Å². The van der Waals surface area contributed by atoms with Crippen molar-refractivity contribution in [2.75, 3.05) is 35.4 Å². The molecule has 29 rings (SSSR count). The number of piperidine rings is 3. The molecular weight excluding hydrogens is 1930 g/mol.